The highest BCUT2D eigenvalue weighted by Crippen LogP contribution is 2.65. The van der Waals surface area contributed by atoms with Crippen LogP contribution >= 0.6 is 0 Å². The summed E-state index contributed by atoms with van der Waals surface area (Å²) in [4.78, 5) is 61.3. The molecule has 3 fully saturated rings. The van der Waals surface area contributed by atoms with Gasteiger partial charge in [0.2, 0.25) is 17.7 Å². The second-order valence-electron chi connectivity index (χ2n) is 14.4. The van der Waals surface area contributed by atoms with Crippen molar-refractivity contribution in [1.29, 1.82) is 0 Å². The van der Waals surface area contributed by atoms with Gasteiger partial charge in [-0.3, -0.25) is 24.0 Å². The van der Waals surface area contributed by atoms with Crippen LogP contribution < -0.4 is 21.7 Å². The van der Waals surface area contributed by atoms with Crippen molar-refractivity contribution in [2.45, 2.75) is 110 Å². The number of nitrogens with two attached hydrogens (primary N) is 1. The Bertz CT molecular complexity index is 1270. The SMILES string of the molecule is CC1CC2C3CCC4=CC(=O)C=CC4(C)C3C(O)CC2(C)C1OC(=O)CCCOCNC(=O)[C@H](C)NC(=O)[C@H](C)NC(=O)[C@H](C)N. The Morgan fingerprint density at radius 1 is 1.09 bits per heavy atom. The van der Waals surface area contributed by atoms with E-state index in [1.807, 2.05) is 6.08 Å². The molecule has 0 aromatic carbocycles. The number of hydrogen-bond donors (Lipinski definition) is 5. The monoisotopic (exact) mass is 644 g/mol. The van der Waals surface area contributed by atoms with E-state index < -0.39 is 42.0 Å². The standard InChI is InChI=1S/C34H52N4O8/c1-18-14-25-24-10-9-22-15-23(39)11-12-33(22,5)28(24)26(40)16-34(25,6)29(18)46-27(41)8-7-13-45-17-36-31(43)20(3)38-32(44)21(4)37-30(42)19(2)35/h11-12,15,18-21,24-26,28-29,40H,7-10,13-14,16-17,35H2,1-6H3,(H,36,43)(H,37,42)(H,38,44)/t18?,19-,20-,21-,24?,25?,26?,28?,29?,33?,34?/m0/s1. The van der Waals surface area contributed by atoms with Crippen LogP contribution in [0, 0.1) is 34.5 Å². The van der Waals surface area contributed by atoms with Gasteiger partial charge in [-0.2, -0.15) is 0 Å². The normalized spacial score (nSPS) is 35.0. The third-order valence-corrected chi connectivity index (χ3v) is 10.9. The average molecular weight is 645 g/mol. The first-order valence-corrected chi connectivity index (χ1v) is 16.6. The van der Waals surface area contributed by atoms with E-state index in [0.29, 0.717) is 18.8 Å². The number of amides is 3. The molecule has 11 atom stereocenters. The lowest BCUT2D eigenvalue weighted by molar-refractivity contribution is -0.170. The molecule has 0 radical (unpaired) electrons. The summed E-state index contributed by atoms with van der Waals surface area (Å²) >= 11 is 0. The van der Waals surface area contributed by atoms with Gasteiger partial charge in [0.1, 0.15) is 24.9 Å². The van der Waals surface area contributed by atoms with Crippen molar-refractivity contribution in [2.24, 2.45) is 40.2 Å². The number of hydrogen-bond acceptors (Lipinski definition) is 9. The summed E-state index contributed by atoms with van der Waals surface area (Å²) in [5.74, 6) is -0.946. The zero-order chi connectivity index (χ0) is 34.0. The molecule has 0 saturated heterocycles. The van der Waals surface area contributed by atoms with Crippen molar-refractivity contribution in [2.75, 3.05) is 13.3 Å². The summed E-state index contributed by atoms with van der Waals surface area (Å²) in [5, 5.41) is 19.1. The molecule has 256 valence electrons. The molecule has 4 aliphatic carbocycles. The lowest BCUT2D eigenvalue weighted by atomic mass is 9.47. The number of carbonyl (C=O) groups excluding carboxylic acids is 5. The Morgan fingerprint density at radius 3 is 2.46 bits per heavy atom. The number of esters is 1. The van der Waals surface area contributed by atoms with E-state index in [9.17, 15) is 29.1 Å². The van der Waals surface area contributed by atoms with Gasteiger partial charge in [-0.25, -0.2) is 0 Å². The van der Waals surface area contributed by atoms with E-state index >= 15 is 0 Å². The maximum absolute atomic E-state index is 13.0. The van der Waals surface area contributed by atoms with Crippen molar-refractivity contribution in [3.63, 3.8) is 0 Å². The van der Waals surface area contributed by atoms with Crippen molar-refractivity contribution in [3.8, 4) is 0 Å². The third-order valence-electron chi connectivity index (χ3n) is 10.9. The fourth-order valence-electron chi connectivity index (χ4n) is 8.58. The van der Waals surface area contributed by atoms with Crippen molar-refractivity contribution in [3.05, 3.63) is 23.8 Å². The summed E-state index contributed by atoms with van der Waals surface area (Å²) in [5.41, 5.74) is 5.95. The molecule has 0 aromatic heterocycles. The molecule has 4 aliphatic rings. The van der Waals surface area contributed by atoms with Gasteiger partial charge in [0.15, 0.2) is 5.78 Å². The molecule has 6 N–H and O–H groups in total. The highest BCUT2D eigenvalue weighted by molar-refractivity contribution is 6.01. The fourth-order valence-corrected chi connectivity index (χ4v) is 8.58. The van der Waals surface area contributed by atoms with Gasteiger partial charge in [0, 0.05) is 29.8 Å². The van der Waals surface area contributed by atoms with Gasteiger partial charge < -0.3 is 36.3 Å². The number of aliphatic hydroxyl groups excluding tert-OH is 1. The molecule has 12 nitrogen and oxygen atoms in total. The van der Waals surface area contributed by atoms with E-state index in [-0.39, 0.29) is 66.2 Å². The molecule has 0 bridgehead atoms. The second kappa shape index (κ2) is 14.4. The van der Waals surface area contributed by atoms with E-state index in [1.54, 1.807) is 12.2 Å². The predicted octanol–water partition coefficient (Wildman–Crippen LogP) is 1.65. The summed E-state index contributed by atoms with van der Waals surface area (Å²) in [6.45, 7) is 11.1. The van der Waals surface area contributed by atoms with Gasteiger partial charge in [-0.05, 0) is 82.8 Å². The number of ketones is 1. The van der Waals surface area contributed by atoms with Crippen LogP contribution in [0.3, 0.4) is 0 Å². The van der Waals surface area contributed by atoms with E-state index in [1.165, 1.54) is 20.8 Å². The minimum Gasteiger partial charge on any atom is -0.461 e. The van der Waals surface area contributed by atoms with Gasteiger partial charge >= 0.3 is 5.97 Å². The molecule has 4 rings (SSSR count). The number of allylic oxidation sites excluding steroid dienone is 4. The van der Waals surface area contributed by atoms with Crippen LogP contribution in [0.2, 0.25) is 0 Å². The molecule has 0 heterocycles. The van der Waals surface area contributed by atoms with E-state index in [0.717, 1.165) is 24.8 Å². The molecule has 8 unspecified atom stereocenters. The first kappa shape index (κ1) is 35.8. The zero-order valence-corrected chi connectivity index (χ0v) is 28.0. The molecule has 3 saturated carbocycles. The lowest BCUT2D eigenvalue weighted by Gasteiger charge is -2.58. The Labute approximate surface area is 271 Å². The largest absolute Gasteiger partial charge is 0.461 e. The Kier molecular flexibility index (Phi) is 11.2. The Morgan fingerprint density at radius 2 is 1.76 bits per heavy atom. The molecule has 46 heavy (non-hydrogen) atoms. The van der Waals surface area contributed by atoms with Gasteiger partial charge in [0.05, 0.1) is 12.1 Å². The lowest BCUT2D eigenvalue weighted by Crippen LogP contribution is -2.57. The number of carbonyl (C=O) groups is 5. The molecule has 12 heteroatoms. The van der Waals surface area contributed by atoms with Gasteiger partial charge in [-0.15, -0.1) is 0 Å². The number of fused-ring (bicyclic) bond motifs is 5. The van der Waals surface area contributed by atoms with Gasteiger partial charge in [-0.1, -0.05) is 32.4 Å². The first-order chi connectivity index (χ1) is 21.6. The maximum atomic E-state index is 13.0. The van der Waals surface area contributed by atoms with Gasteiger partial charge in [0.25, 0.3) is 0 Å². The van der Waals surface area contributed by atoms with Crippen LogP contribution in [-0.2, 0) is 33.4 Å². The predicted molar refractivity (Wildman–Crippen MR) is 169 cm³/mol. The van der Waals surface area contributed by atoms with E-state index in [2.05, 4.69) is 36.7 Å². The number of aliphatic hydroxyl groups is 1. The van der Waals surface area contributed by atoms with Crippen molar-refractivity contribution >= 4 is 29.5 Å². The molecule has 3 amide bonds. The average Bonchev–Trinajstić information content (AvgIpc) is 3.23. The Balaban J connectivity index is 1.19. The molecule has 0 spiro atoms. The third kappa shape index (κ3) is 7.39. The molecule has 0 aliphatic heterocycles. The zero-order valence-electron chi connectivity index (χ0n) is 28.0. The summed E-state index contributed by atoms with van der Waals surface area (Å²) in [7, 11) is 0. The van der Waals surface area contributed by atoms with Crippen LogP contribution in [0.5, 0.6) is 0 Å². The fraction of sp³-hybridized carbons (Fsp3) is 0.735. The van der Waals surface area contributed by atoms with Crippen molar-refractivity contribution < 1.29 is 38.6 Å². The molecular weight excluding hydrogens is 592 g/mol. The van der Waals surface area contributed by atoms with E-state index in [4.69, 9.17) is 15.2 Å². The second-order valence-corrected chi connectivity index (χ2v) is 14.4. The maximum Gasteiger partial charge on any atom is 0.306 e. The minimum atomic E-state index is -0.855. The van der Waals surface area contributed by atoms with Crippen LogP contribution in [-0.4, -0.2) is 78.3 Å². The Hall–Kier alpha value is -3.09. The number of nitrogens with one attached hydrogen (secondary N) is 3. The minimum absolute atomic E-state index is 0.0189. The molecular formula is C34H52N4O8. The first-order valence-electron chi connectivity index (χ1n) is 16.6. The topological polar surface area (TPSA) is 186 Å². The smallest absolute Gasteiger partial charge is 0.306 e. The summed E-state index contributed by atoms with van der Waals surface area (Å²) < 4.78 is 11.6. The van der Waals surface area contributed by atoms with Crippen LogP contribution in [0.1, 0.15) is 80.1 Å². The highest BCUT2D eigenvalue weighted by atomic mass is 16.5. The number of rotatable bonds is 12. The summed E-state index contributed by atoms with van der Waals surface area (Å²) in [6, 6.07) is -2.47. The van der Waals surface area contributed by atoms with Crippen molar-refractivity contribution in [1.82, 2.24) is 16.0 Å². The summed E-state index contributed by atoms with van der Waals surface area (Å²) in [6.07, 6.45) is 8.36. The number of ether oxygens (including phenoxy) is 2. The molecule has 0 aromatic rings. The van der Waals surface area contributed by atoms with Crippen LogP contribution in [0.4, 0.5) is 0 Å². The quantitative estimate of drug-likeness (QED) is 0.120. The van der Waals surface area contributed by atoms with Crippen LogP contribution in [0.15, 0.2) is 23.8 Å². The highest BCUT2D eigenvalue weighted by Gasteiger charge is 2.64. The van der Waals surface area contributed by atoms with Crippen LogP contribution in [0.25, 0.3) is 0 Å².